The Morgan fingerprint density at radius 2 is 1.87 bits per heavy atom. The third-order valence-corrected chi connectivity index (χ3v) is 4.12. The molecule has 0 aromatic carbocycles. The highest BCUT2D eigenvalue weighted by Crippen LogP contribution is 2.31. The molecular formula is C12H22N2O. The van der Waals surface area contributed by atoms with Gasteiger partial charge in [-0.2, -0.15) is 0 Å². The maximum absolute atomic E-state index is 12.1. The second-order valence-electron chi connectivity index (χ2n) is 5.49. The van der Waals surface area contributed by atoms with Gasteiger partial charge in [0, 0.05) is 26.2 Å². The molecular weight excluding hydrogens is 188 g/mol. The van der Waals surface area contributed by atoms with Crippen molar-refractivity contribution >= 4 is 5.91 Å². The van der Waals surface area contributed by atoms with E-state index < -0.39 is 0 Å². The average molecular weight is 210 g/mol. The lowest BCUT2D eigenvalue weighted by molar-refractivity contribution is -0.133. The van der Waals surface area contributed by atoms with Gasteiger partial charge in [0.1, 0.15) is 0 Å². The Labute approximate surface area is 92.4 Å². The molecule has 2 saturated heterocycles. The van der Waals surface area contributed by atoms with E-state index in [0.29, 0.717) is 23.8 Å². The van der Waals surface area contributed by atoms with Crippen molar-refractivity contribution in [2.75, 3.05) is 20.1 Å². The molecule has 2 aliphatic heterocycles. The molecule has 0 aromatic rings. The van der Waals surface area contributed by atoms with Crippen molar-refractivity contribution in [3.63, 3.8) is 0 Å². The molecule has 4 atom stereocenters. The van der Waals surface area contributed by atoms with Gasteiger partial charge in [-0.05, 0) is 25.2 Å². The summed E-state index contributed by atoms with van der Waals surface area (Å²) in [7, 11) is 1.94. The van der Waals surface area contributed by atoms with E-state index in [0.717, 1.165) is 19.5 Å². The molecule has 2 heterocycles. The lowest BCUT2D eigenvalue weighted by Crippen LogP contribution is -2.43. The monoisotopic (exact) mass is 210 g/mol. The van der Waals surface area contributed by atoms with Crippen molar-refractivity contribution in [1.82, 2.24) is 9.80 Å². The maximum atomic E-state index is 12.1. The lowest BCUT2D eigenvalue weighted by atomic mass is 10.0. The number of rotatable bonds is 0. The predicted molar refractivity (Wildman–Crippen MR) is 60.5 cm³/mol. The molecule has 86 valence electrons. The molecule has 0 aromatic heterocycles. The molecule has 0 spiro atoms. The first-order chi connectivity index (χ1) is 7.00. The van der Waals surface area contributed by atoms with Crippen LogP contribution in [0, 0.1) is 11.8 Å². The summed E-state index contributed by atoms with van der Waals surface area (Å²) in [5.74, 6) is 1.57. The molecule has 0 aliphatic carbocycles. The molecule has 0 radical (unpaired) electrons. The first-order valence-electron chi connectivity index (χ1n) is 6.01. The topological polar surface area (TPSA) is 23.6 Å². The van der Waals surface area contributed by atoms with Crippen LogP contribution in [0.25, 0.3) is 0 Å². The molecule has 0 saturated carbocycles. The largest absolute Gasteiger partial charge is 0.344 e. The molecule has 2 fully saturated rings. The van der Waals surface area contributed by atoms with Crippen LogP contribution in [0.15, 0.2) is 0 Å². The van der Waals surface area contributed by atoms with Gasteiger partial charge in [-0.15, -0.1) is 0 Å². The van der Waals surface area contributed by atoms with E-state index in [-0.39, 0.29) is 6.04 Å². The lowest BCUT2D eigenvalue weighted by Gasteiger charge is -2.29. The van der Waals surface area contributed by atoms with Gasteiger partial charge >= 0.3 is 0 Å². The Bertz CT molecular complexity index is 266. The number of carbonyl (C=O) groups is 1. The fraction of sp³-hybridized carbons (Fsp3) is 0.917. The molecule has 2 rings (SSSR count). The van der Waals surface area contributed by atoms with E-state index in [2.05, 4.69) is 25.7 Å². The van der Waals surface area contributed by atoms with Crippen molar-refractivity contribution in [2.24, 2.45) is 11.8 Å². The molecule has 2 aliphatic rings. The summed E-state index contributed by atoms with van der Waals surface area (Å²) in [5, 5.41) is 0. The van der Waals surface area contributed by atoms with Gasteiger partial charge in [-0.1, -0.05) is 13.8 Å². The van der Waals surface area contributed by atoms with Crippen LogP contribution in [0.2, 0.25) is 0 Å². The first-order valence-corrected chi connectivity index (χ1v) is 6.01. The minimum atomic E-state index is 0.157. The van der Waals surface area contributed by atoms with Crippen molar-refractivity contribution in [3.8, 4) is 0 Å². The third-order valence-electron chi connectivity index (χ3n) is 4.12. The summed E-state index contributed by atoms with van der Waals surface area (Å²) in [5.41, 5.74) is 0. The van der Waals surface area contributed by atoms with Gasteiger partial charge in [0.2, 0.25) is 5.91 Å². The van der Waals surface area contributed by atoms with E-state index in [9.17, 15) is 4.79 Å². The molecule has 0 bridgehead atoms. The van der Waals surface area contributed by atoms with Crippen LogP contribution in [-0.2, 0) is 4.79 Å². The molecule has 2 unspecified atom stereocenters. The predicted octanol–water partition coefficient (Wildman–Crippen LogP) is 1.19. The average Bonchev–Trinajstić information content (AvgIpc) is 2.54. The molecule has 0 N–H and O–H groups in total. The zero-order valence-corrected chi connectivity index (χ0v) is 10.2. The smallest absolute Gasteiger partial charge is 0.239 e. The van der Waals surface area contributed by atoms with Gasteiger partial charge in [0.25, 0.3) is 0 Å². The second-order valence-corrected chi connectivity index (χ2v) is 5.49. The van der Waals surface area contributed by atoms with E-state index >= 15 is 0 Å². The Kier molecular flexibility index (Phi) is 2.75. The Morgan fingerprint density at radius 3 is 2.53 bits per heavy atom. The SMILES string of the molecule is CC1CC2C(=O)N(C)C[C@@H](C)[C@@H](C)N2C1. The van der Waals surface area contributed by atoms with Gasteiger partial charge in [0.05, 0.1) is 6.04 Å². The Balaban J connectivity index is 2.25. The number of likely N-dealkylation sites (N-methyl/N-ethyl adjacent to an activating group) is 1. The summed E-state index contributed by atoms with van der Waals surface area (Å²) >= 11 is 0. The van der Waals surface area contributed by atoms with Gasteiger partial charge in [-0.3, -0.25) is 9.69 Å². The highest BCUT2D eigenvalue weighted by molar-refractivity contribution is 5.82. The van der Waals surface area contributed by atoms with Gasteiger partial charge in [0.15, 0.2) is 0 Å². The number of fused-ring (bicyclic) bond motifs is 1. The standard InChI is InChI=1S/C12H22N2O/c1-8-5-11-12(15)13(4)7-9(2)10(3)14(11)6-8/h8-11H,5-7H2,1-4H3/t8?,9-,10-,11?/m1/s1. The Morgan fingerprint density at radius 1 is 1.20 bits per heavy atom. The second kappa shape index (κ2) is 3.78. The van der Waals surface area contributed by atoms with Gasteiger partial charge < -0.3 is 4.90 Å². The van der Waals surface area contributed by atoms with E-state index in [1.165, 1.54) is 0 Å². The zero-order valence-electron chi connectivity index (χ0n) is 10.2. The van der Waals surface area contributed by atoms with Crippen LogP contribution in [0.1, 0.15) is 27.2 Å². The van der Waals surface area contributed by atoms with Crippen LogP contribution in [0.3, 0.4) is 0 Å². The van der Waals surface area contributed by atoms with Crippen LogP contribution in [-0.4, -0.2) is 47.9 Å². The highest BCUT2D eigenvalue weighted by Gasteiger charge is 2.42. The quantitative estimate of drug-likeness (QED) is 0.599. The zero-order chi connectivity index (χ0) is 11.2. The summed E-state index contributed by atoms with van der Waals surface area (Å²) in [6.45, 7) is 8.76. The molecule has 1 amide bonds. The maximum Gasteiger partial charge on any atom is 0.239 e. The normalized spacial score (nSPS) is 42.9. The number of carbonyl (C=O) groups excluding carboxylic acids is 1. The van der Waals surface area contributed by atoms with Crippen molar-refractivity contribution in [3.05, 3.63) is 0 Å². The first kappa shape index (κ1) is 10.9. The number of amides is 1. The van der Waals surface area contributed by atoms with Crippen LogP contribution in [0.4, 0.5) is 0 Å². The molecule has 3 heteroatoms. The van der Waals surface area contributed by atoms with Crippen molar-refractivity contribution < 1.29 is 4.79 Å². The third kappa shape index (κ3) is 1.78. The van der Waals surface area contributed by atoms with Crippen molar-refractivity contribution in [1.29, 1.82) is 0 Å². The van der Waals surface area contributed by atoms with Gasteiger partial charge in [-0.25, -0.2) is 0 Å². The van der Waals surface area contributed by atoms with Crippen LogP contribution >= 0.6 is 0 Å². The number of hydrogen-bond acceptors (Lipinski definition) is 2. The minimum Gasteiger partial charge on any atom is -0.344 e. The van der Waals surface area contributed by atoms with E-state index in [1.807, 2.05) is 11.9 Å². The number of nitrogens with zero attached hydrogens (tertiary/aromatic N) is 2. The minimum absolute atomic E-state index is 0.157. The van der Waals surface area contributed by atoms with E-state index in [4.69, 9.17) is 0 Å². The van der Waals surface area contributed by atoms with Crippen LogP contribution < -0.4 is 0 Å². The van der Waals surface area contributed by atoms with Crippen LogP contribution in [0.5, 0.6) is 0 Å². The fourth-order valence-electron chi connectivity index (χ4n) is 3.03. The highest BCUT2D eigenvalue weighted by atomic mass is 16.2. The fourth-order valence-corrected chi connectivity index (χ4v) is 3.03. The number of hydrogen-bond donors (Lipinski definition) is 0. The summed E-state index contributed by atoms with van der Waals surface area (Å²) in [6.07, 6.45) is 1.04. The molecule has 3 nitrogen and oxygen atoms in total. The van der Waals surface area contributed by atoms with E-state index in [1.54, 1.807) is 0 Å². The van der Waals surface area contributed by atoms with Crippen molar-refractivity contribution in [2.45, 2.75) is 39.3 Å². The molecule has 15 heavy (non-hydrogen) atoms. The summed E-state index contributed by atoms with van der Waals surface area (Å²) in [4.78, 5) is 16.5. The summed E-state index contributed by atoms with van der Waals surface area (Å²) < 4.78 is 0. The summed E-state index contributed by atoms with van der Waals surface area (Å²) in [6, 6.07) is 0.693. The Hall–Kier alpha value is -0.570.